The van der Waals surface area contributed by atoms with Gasteiger partial charge in [-0.1, -0.05) is 0 Å². The lowest BCUT2D eigenvalue weighted by Crippen LogP contribution is -2.57. The van der Waals surface area contributed by atoms with Crippen LogP contribution in [0.4, 0.5) is 0 Å². The second-order valence-electron chi connectivity index (χ2n) is 6.06. The molecular formula is C13H22N3+. The Morgan fingerprint density at radius 3 is 2.19 bits per heavy atom. The van der Waals surface area contributed by atoms with E-state index in [0.717, 1.165) is 49.0 Å². The molecule has 3 rings (SSSR count). The van der Waals surface area contributed by atoms with E-state index < -0.39 is 0 Å². The molecule has 0 N–H and O–H groups in total. The zero-order valence-electron chi connectivity index (χ0n) is 10.1. The molecule has 2 aliphatic carbocycles. The Morgan fingerprint density at radius 2 is 1.69 bits per heavy atom. The van der Waals surface area contributed by atoms with Crippen LogP contribution >= 0.6 is 0 Å². The van der Waals surface area contributed by atoms with Crippen LogP contribution in [0.5, 0.6) is 0 Å². The van der Waals surface area contributed by atoms with Gasteiger partial charge in [-0.3, -0.25) is 4.90 Å². The first-order chi connectivity index (χ1) is 7.80. The fourth-order valence-electron chi connectivity index (χ4n) is 2.86. The minimum Gasteiger partial charge on any atom is -0.292 e. The Hall–Kier alpha value is -0.590. The van der Waals surface area contributed by atoms with Crippen molar-refractivity contribution < 1.29 is 4.48 Å². The first kappa shape index (κ1) is 10.6. The van der Waals surface area contributed by atoms with Gasteiger partial charge in [0.2, 0.25) is 0 Å². The van der Waals surface area contributed by atoms with E-state index in [-0.39, 0.29) is 0 Å². The van der Waals surface area contributed by atoms with Crippen molar-refractivity contribution in [3.05, 3.63) is 0 Å². The molecule has 3 nitrogen and oxygen atoms in total. The molecule has 88 valence electrons. The summed E-state index contributed by atoms with van der Waals surface area (Å²) in [5, 5.41) is 9.40. The van der Waals surface area contributed by atoms with Crippen LogP contribution in [0.1, 0.15) is 25.7 Å². The highest BCUT2D eigenvalue weighted by molar-refractivity contribution is 4.81. The largest absolute Gasteiger partial charge is 0.308 e. The molecule has 2 saturated carbocycles. The topological polar surface area (TPSA) is 27.0 Å². The second kappa shape index (κ2) is 4.01. The molecule has 3 aliphatic rings. The summed E-state index contributed by atoms with van der Waals surface area (Å²) in [5.41, 5.74) is 0. The van der Waals surface area contributed by atoms with Crippen molar-refractivity contribution in [1.82, 2.24) is 4.90 Å². The SMILES string of the molecule is N#C[N+]1(CC2CC2)CCN(CC2CC2)CC1. The minimum atomic E-state index is 0.742. The Morgan fingerprint density at radius 1 is 1.06 bits per heavy atom. The van der Waals surface area contributed by atoms with E-state index in [1.807, 2.05) is 0 Å². The van der Waals surface area contributed by atoms with Gasteiger partial charge in [0.15, 0.2) is 0 Å². The van der Waals surface area contributed by atoms with Gasteiger partial charge in [0, 0.05) is 25.6 Å². The van der Waals surface area contributed by atoms with Crippen LogP contribution in [-0.4, -0.2) is 48.7 Å². The maximum Gasteiger partial charge on any atom is 0.308 e. The Labute approximate surface area is 98.2 Å². The molecule has 3 fully saturated rings. The quantitative estimate of drug-likeness (QED) is 0.529. The average molecular weight is 220 g/mol. The first-order valence-corrected chi connectivity index (χ1v) is 6.79. The molecule has 0 aromatic heterocycles. The van der Waals surface area contributed by atoms with Gasteiger partial charge in [0.25, 0.3) is 0 Å². The summed E-state index contributed by atoms with van der Waals surface area (Å²) in [6, 6.07) is 0. The summed E-state index contributed by atoms with van der Waals surface area (Å²) < 4.78 is 0.742. The highest BCUT2D eigenvalue weighted by atomic mass is 15.4. The van der Waals surface area contributed by atoms with Crippen molar-refractivity contribution in [3.63, 3.8) is 0 Å². The number of hydrogen-bond donors (Lipinski definition) is 0. The van der Waals surface area contributed by atoms with Crippen LogP contribution in [-0.2, 0) is 0 Å². The molecule has 0 aromatic carbocycles. The van der Waals surface area contributed by atoms with Crippen LogP contribution in [0.3, 0.4) is 0 Å². The number of quaternary nitrogens is 1. The van der Waals surface area contributed by atoms with Gasteiger partial charge in [-0.2, -0.15) is 0 Å². The molecule has 1 heterocycles. The fraction of sp³-hybridized carbons (Fsp3) is 0.923. The van der Waals surface area contributed by atoms with Crippen molar-refractivity contribution in [2.24, 2.45) is 11.8 Å². The number of nitriles is 1. The lowest BCUT2D eigenvalue weighted by molar-refractivity contribution is -0.872. The van der Waals surface area contributed by atoms with E-state index in [0.29, 0.717) is 0 Å². The predicted octanol–water partition coefficient (Wildman–Crippen LogP) is 1.42. The van der Waals surface area contributed by atoms with E-state index >= 15 is 0 Å². The van der Waals surface area contributed by atoms with Gasteiger partial charge in [0.1, 0.15) is 13.1 Å². The molecule has 0 bridgehead atoms. The standard InChI is InChI=1S/C13H22N3/c14-11-16(10-13-3-4-13)7-5-15(6-8-16)9-12-1-2-12/h12-13H,1-10H2/q+1. The van der Waals surface area contributed by atoms with Crippen LogP contribution in [0, 0.1) is 23.3 Å². The van der Waals surface area contributed by atoms with Crippen LogP contribution in [0.2, 0.25) is 0 Å². The maximum atomic E-state index is 9.40. The lowest BCUT2D eigenvalue weighted by atomic mass is 10.2. The maximum absolute atomic E-state index is 9.40. The predicted molar refractivity (Wildman–Crippen MR) is 62.4 cm³/mol. The number of rotatable bonds is 4. The summed E-state index contributed by atoms with van der Waals surface area (Å²) in [6.45, 7) is 6.87. The molecule has 16 heavy (non-hydrogen) atoms. The zero-order valence-corrected chi connectivity index (χ0v) is 10.1. The molecule has 0 aromatic rings. The van der Waals surface area contributed by atoms with Gasteiger partial charge < -0.3 is 0 Å². The van der Waals surface area contributed by atoms with Crippen molar-refractivity contribution in [2.45, 2.75) is 25.7 Å². The Balaban J connectivity index is 1.52. The zero-order chi connectivity index (χ0) is 11.0. The first-order valence-electron chi connectivity index (χ1n) is 6.79. The molecule has 3 heteroatoms. The van der Waals surface area contributed by atoms with Crippen molar-refractivity contribution in [2.75, 3.05) is 39.3 Å². The summed E-state index contributed by atoms with van der Waals surface area (Å²) in [5.74, 6) is 1.86. The van der Waals surface area contributed by atoms with E-state index in [9.17, 15) is 5.26 Å². The Kier molecular flexibility index (Phi) is 2.65. The van der Waals surface area contributed by atoms with Crippen molar-refractivity contribution in [1.29, 1.82) is 5.26 Å². The summed E-state index contributed by atoms with van der Waals surface area (Å²) >= 11 is 0. The molecular weight excluding hydrogens is 198 g/mol. The van der Waals surface area contributed by atoms with E-state index in [1.165, 1.54) is 32.2 Å². The molecule has 1 saturated heterocycles. The molecule has 0 atom stereocenters. The van der Waals surface area contributed by atoms with Gasteiger partial charge >= 0.3 is 6.19 Å². The summed E-state index contributed by atoms with van der Waals surface area (Å²) in [7, 11) is 0. The Bertz CT molecular complexity index is 291. The molecule has 0 spiro atoms. The average Bonchev–Trinajstić information content (AvgIpc) is 3.17. The third-order valence-corrected chi connectivity index (χ3v) is 4.42. The van der Waals surface area contributed by atoms with Crippen LogP contribution < -0.4 is 0 Å². The number of piperazine rings is 1. The number of nitrogens with zero attached hydrogens (tertiary/aromatic N) is 3. The van der Waals surface area contributed by atoms with Crippen molar-refractivity contribution in [3.8, 4) is 6.19 Å². The molecule has 0 radical (unpaired) electrons. The van der Waals surface area contributed by atoms with E-state index in [2.05, 4.69) is 11.1 Å². The smallest absolute Gasteiger partial charge is 0.292 e. The van der Waals surface area contributed by atoms with Gasteiger partial charge in [-0.15, -0.1) is 5.26 Å². The summed E-state index contributed by atoms with van der Waals surface area (Å²) in [4.78, 5) is 2.58. The minimum absolute atomic E-state index is 0.742. The lowest BCUT2D eigenvalue weighted by Gasteiger charge is -2.38. The third kappa shape index (κ3) is 2.39. The molecule has 1 aliphatic heterocycles. The van der Waals surface area contributed by atoms with E-state index in [1.54, 1.807) is 0 Å². The highest BCUT2D eigenvalue weighted by Gasteiger charge is 2.40. The molecule has 0 unspecified atom stereocenters. The third-order valence-electron chi connectivity index (χ3n) is 4.42. The fourth-order valence-corrected chi connectivity index (χ4v) is 2.86. The van der Waals surface area contributed by atoms with Gasteiger partial charge in [-0.25, -0.2) is 4.48 Å². The normalized spacial score (nSPS) is 29.9. The number of hydrogen-bond acceptors (Lipinski definition) is 2. The molecule has 0 amide bonds. The van der Waals surface area contributed by atoms with E-state index in [4.69, 9.17) is 0 Å². The van der Waals surface area contributed by atoms with Gasteiger partial charge in [-0.05, 0) is 31.6 Å². The second-order valence-corrected chi connectivity index (χ2v) is 6.06. The van der Waals surface area contributed by atoms with Crippen molar-refractivity contribution >= 4 is 0 Å². The highest BCUT2D eigenvalue weighted by Crippen LogP contribution is 2.33. The summed E-state index contributed by atoms with van der Waals surface area (Å²) in [6.07, 6.45) is 8.21. The van der Waals surface area contributed by atoms with Crippen LogP contribution in [0.15, 0.2) is 0 Å². The van der Waals surface area contributed by atoms with Gasteiger partial charge in [0.05, 0.1) is 6.54 Å². The van der Waals surface area contributed by atoms with Crippen LogP contribution in [0.25, 0.3) is 0 Å². The monoisotopic (exact) mass is 220 g/mol.